The molecule has 0 heterocycles. The van der Waals surface area contributed by atoms with E-state index < -0.39 is 0 Å². The number of rotatable bonds is 9. The maximum atomic E-state index is 5.50. The van der Waals surface area contributed by atoms with Crippen LogP contribution in [0.15, 0.2) is 12.1 Å². The first-order chi connectivity index (χ1) is 9.67. The molecular weight excluding hydrogens is 252 g/mol. The average Bonchev–Trinajstić information content (AvgIpc) is 2.49. The van der Waals surface area contributed by atoms with Crippen molar-refractivity contribution in [1.82, 2.24) is 0 Å². The third-order valence-electron chi connectivity index (χ3n) is 3.88. The van der Waals surface area contributed by atoms with Gasteiger partial charge in [-0.15, -0.1) is 0 Å². The van der Waals surface area contributed by atoms with Crippen LogP contribution in [-0.4, -0.2) is 21.3 Å². The van der Waals surface area contributed by atoms with E-state index >= 15 is 0 Å². The number of hydrogen-bond acceptors (Lipinski definition) is 3. The van der Waals surface area contributed by atoms with E-state index in [-0.39, 0.29) is 0 Å². The first-order valence-corrected chi connectivity index (χ1v) is 7.45. The van der Waals surface area contributed by atoms with Gasteiger partial charge in [-0.05, 0) is 30.4 Å². The molecule has 0 radical (unpaired) electrons. The topological polar surface area (TPSA) is 27.7 Å². The molecule has 1 atom stereocenters. The van der Waals surface area contributed by atoms with Crippen LogP contribution in [0.1, 0.15) is 45.1 Å². The van der Waals surface area contributed by atoms with Crippen molar-refractivity contribution in [2.45, 2.75) is 46.0 Å². The Kier molecular flexibility index (Phi) is 7.27. The van der Waals surface area contributed by atoms with Gasteiger partial charge in [0.2, 0.25) is 5.75 Å². The Morgan fingerprint density at radius 3 is 2.20 bits per heavy atom. The van der Waals surface area contributed by atoms with E-state index in [1.165, 1.54) is 31.2 Å². The van der Waals surface area contributed by atoms with Gasteiger partial charge in [0.1, 0.15) is 0 Å². The van der Waals surface area contributed by atoms with Crippen molar-refractivity contribution in [3.05, 3.63) is 17.7 Å². The minimum absolute atomic E-state index is 0.689. The van der Waals surface area contributed by atoms with Gasteiger partial charge in [-0.25, -0.2) is 0 Å². The van der Waals surface area contributed by atoms with Crippen molar-refractivity contribution in [3.8, 4) is 17.2 Å². The van der Waals surface area contributed by atoms with Gasteiger partial charge in [0.25, 0.3) is 0 Å². The van der Waals surface area contributed by atoms with Crippen LogP contribution in [0.3, 0.4) is 0 Å². The number of aryl methyl sites for hydroxylation is 1. The minimum atomic E-state index is 0.689. The molecule has 0 saturated carbocycles. The van der Waals surface area contributed by atoms with Crippen molar-refractivity contribution >= 4 is 0 Å². The Morgan fingerprint density at radius 1 is 0.950 bits per heavy atom. The van der Waals surface area contributed by atoms with Crippen LogP contribution in [-0.2, 0) is 6.42 Å². The molecule has 0 spiro atoms. The average molecular weight is 280 g/mol. The highest BCUT2D eigenvalue weighted by molar-refractivity contribution is 5.55. The summed E-state index contributed by atoms with van der Waals surface area (Å²) < 4.78 is 16.2. The Balaban J connectivity index is 2.70. The summed E-state index contributed by atoms with van der Waals surface area (Å²) in [6.07, 6.45) is 6.01. The molecule has 0 amide bonds. The van der Waals surface area contributed by atoms with Gasteiger partial charge in [-0.1, -0.05) is 39.2 Å². The predicted molar refractivity (Wildman–Crippen MR) is 83.1 cm³/mol. The van der Waals surface area contributed by atoms with Crippen molar-refractivity contribution < 1.29 is 14.2 Å². The van der Waals surface area contributed by atoms with Crippen molar-refractivity contribution in [2.24, 2.45) is 5.92 Å². The summed E-state index contributed by atoms with van der Waals surface area (Å²) in [6, 6.07) is 4.02. The largest absolute Gasteiger partial charge is 0.493 e. The summed E-state index contributed by atoms with van der Waals surface area (Å²) in [5.74, 6) is 3.03. The van der Waals surface area contributed by atoms with Crippen LogP contribution < -0.4 is 14.2 Å². The van der Waals surface area contributed by atoms with Crippen LogP contribution in [0.5, 0.6) is 17.2 Å². The molecule has 0 aliphatic heterocycles. The van der Waals surface area contributed by atoms with Gasteiger partial charge in [0.15, 0.2) is 11.5 Å². The van der Waals surface area contributed by atoms with Crippen LogP contribution in [0.4, 0.5) is 0 Å². The van der Waals surface area contributed by atoms with Gasteiger partial charge in [0, 0.05) is 0 Å². The minimum Gasteiger partial charge on any atom is -0.493 e. The third-order valence-corrected chi connectivity index (χ3v) is 3.88. The second kappa shape index (κ2) is 8.72. The molecule has 1 rings (SSSR count). The first kappa shape index (κ1) is 16.7. The second-order valence-corrected chi connectivity index (χ2v) is 5.25. The highest BCUT2D eigenvalue weighted by Gasteiger charge is 2.15. The fraction of sp³-hybridized carbons (Fsp3) is 0.647. The SMILES string of the molecule is CCC(C)CCCCc1ccc(OC)c(OC)c1OC. The highest BCUT2D eigenvalue weighted by atomic mass is 16.5. The van der Waals surface area contributed by atoms with Crippen molar-refractivity contribution in [1.29, 1.82) is 0 Å². The lowest BCUT2D eigenvalue weighted by molar-refractivity contribution is 0.322. The maximum Gasteiger partial charge on any atom is 0.203 e. The molecule has 3 nitrogen and oxygen atoms in total. The second-order valence-electron chi connectivity index (χ2n) is 5.25. The van der Waals surface area contributed by atoms with Gasteiger partial charge in [-0.3, -0.25) is 0 Å². The molecule has 1 aromatic carbocycles. The van der Waals surface area contributed by atoms with Crippen LogP contribution in [0.25, 0.3) is 0 Å². The molecule has 0 N–H and O–H groups in total. The maximum absolute atomic E-state index is 5.50. The molecule has 0 aliphatic rings. The molecule has 0 saturated heterocycles. The summed E-state index contributed by atoms with van der Waals surface area (Å²) in [4.78, 5) is 0. The van der Waals surface area contributed by atoms with Crippen LogP contribution >= 0.6 is 0 Å². The summed E-state index contributed by atoms with van der Waals surface area (Å²) in [7, 11) is 4.97. The van der Waals surface area contributed by atoms with Crippen molar-refractivity contribution in [2.75, 3.05) is 21.3 Å². The van der Waals surface area contributed by atoms with Gasteiger partial charge >= 0.3 is 0 Å². The highest BCUT2D eigenvalue weighted by Crippen LogP contribution is 2.40. The van der Waals surface area contributed by atoms with E-state index in [1.54, 1.807) is 21.3 Å². The first-order valence-electron chi connectivity index (χ1n) is 7.45. The third kappa shape index (κ3) is 4.32. The Labute approximate surface area is 123 Å². The Morgan fingerprint density at radius 2 is 1.65 bits per heavy atom. The lowest BCUT2D eigenvalue weighted by atomic mass is 9.99. The van der Waals surface area contributed by atoms with E-state index in [4.69, 9.17) is 14.2 Å². The number of ether oxygens (including phenoxy) is 3. The molecule has 0 bridgehead atoms. The predicted octanol–water partition coefficient (Wildman–Crippen LogP) is 4.47. The normalized spacial score (nSPS) is 12.1. The van der Waals surface area contributed by atoms with Crippen molar-refractivity contribution in [3.63, 3.8) is 0 Å². The zero-order valence-electron chi connectivity index (χ0n) is 13.5. The number of methoxy groups -OCH3 is 3. The molecule has 114 valence electrons. The zero-order chi connectivity index (χ0) is 15.0. The summed E-state index contributed by atoms with van der Waals surface area (Å²) in [6.45, 7) is 4.57. The van der Waals surface area contributed by atoms with Gasteiger partial charge in [-0.2, -0.15) is 0 Å². The molecular formula is C17H28O3. The molecule has 0 aromatic heterocycles. The summed E-state index contributed by atoms with van der Waals surface area (Å²) >= 11 is 0. The Bertz CT molecular complexity index is 401. The van der Waals surface area contributed by atoms with Gasteiger partial charge < -0.3 is 14.2 Å². The lowest BCUT2D eigenvalue weighted by Gasteiger charge is -2.16. The summed E-state index contributed by atoms with van der Waals surface area (Å²) in [5.41, 5.74) is 1.19. The molecule has 0 aliphatic carbocycles. The molecule has 3 heteroatoms. The molecule has 0 fully saturated rings. The van der Waals surface area contributed by atoms with Crippen LogP contribution in [0.2, 0.25) is 0 Å². The van der Waals surface area contributed by atoms with E-state index in [1.807, 2.05) is 6.07 Å². The molecule has 1 aromatic rings. The fourth-order valence-corrected chi connectivity index (χ4v) is 2.37. The quantitative estimate of drug-likeness (QED) is 0.625. The van der Waals surface area contributed by atoms with Gasteiger partial charge in [0.05, 0.1) is 21.3 Å². The monoisotopic (exact) mass is 280 g/mol. The Hall–Kier alpha value is -1.38. The fourth-order valence-electron chi connectivity index (χ4n) is 2.37. The van der Waals surface area contributed by atoms with E-state index in [9.17, 15) is 0 Å². The van der Waals surface area contributed by atoms with Crippen LogP contribution in [0, 0.1) is 5.92 Å². The lowest BCUT2D eigenvalue weighted by Crippen LogP contribution is -1.99. The number of unbranched alkanes of at least 4 members (excludes halogenated alkanes) is 1. The zero-order valence-corrected chi connectivity index (χ0v) is 13.5. The number of hydrogen-bond donors (Lipinski definition) is 0. The van der Waals surface area contributed by atoms with E-state index in [0.29, 0.717) is 11.5 Å². The standard InChI is InChI=1S/C17H28O3/c1-6-13(2)9-7-8-10-14-11-12-15(18-3)17(20-5)16(14)19-4/h11-13H,6-10H2,1-5H3. The van der Waals surface area contributed by atoms with E-state index in [0.717, 1.165) is 18.1 Å². The smallest absolute Gasteiger partial charge is 0.203 e. The number of benzene rings is 1. The van der Waals surface area contributed by atoms with E-state index in [2.05, 4.69) is 19.9 Å². The molecule has 1 unspecified atom stereocenters. The molecule has 20 heavy (non-hydrogen) atoms. The summed E-state index contributed by atoms with van der Waals surface area (Å²) in [5, 5.41) is 0.